The van der Waals surface area contributed by atoms with Gasteiger partial charge in [-0.1, -0.05) is 19.1 Å². The van der Waals surface area contributed by atoms with Crippen molar-refractivity contribution in [3.63, 3.8) is 0 Å². The first-order valence-electron chi connectivity index (χ1n) is 6.05. The van der Waals surface area contributed by atoms with Gasteiger partial charge >= 0.3 is 0 Å². The molecule has 1 aromatic rings. The van der Waals surface area contributed by atoms with Crippen molar-refractivity contribution in [3.8, 4) is 0 Å². The number of hydrogen-bond donors (Lipinski definition) is 1. The summed E-state index contributed by atoms with van der Waals surface area (Å²) in [5, 5.41) is 10.8. The van der Waals surface area contributed by atoms with E-state index < -0.39 is 0 Å². The molecular weight excluding hydrogens is 216 g/mol. The number of hydrogen-bond acceptors (Lipinski definition) is 3. The number of nitro benzene ring substituents is 1. The number of benzene rings is 1. The Labute approximate surface area is 101 Å². The number of nitrogens with two attached hydrogens (primary N) is 1. The van der Waals surface area contributed by atoms with E-state index in [0.29, 0.717) is 5.92 Å². The van der Waals surface area contributed by atoms with E-state index in [1.165, 1.54) is 6.07 Å². The molecule has 0 atom stereocenters. The number of nitro groups is 1. The van der Waals surface area contributed by atoms with Gasteiger partial charge in [-0.3, -0.25) is 10.1 Å². The third-order valence-electron chi connectivity index (χ3n) is 3.80. The van der Waals surface area contributed by atoms with Crippen molar-refractivity contribution in [1.82, 2.24) is 0 Å². The second-order valence-electron chi connectivity index (χ2n) is 5.15. The van der Waals surface area contributed by atoms with E-state index >= 15 is 0 Å². The topological polar surface area (TPSA) is 69.2 Å². The molecule has 92 valence electrons. The summed E-state index contributed by atoms with van der Waals surface area (Å²) >= 11 is 0. The Morgan fingerprint density at radius 1 is 1.41 bits per heavy atom. The van der Waals surface area contributed by atoms with Crippen LogP contribution in [0.15, 0.2) is 24.3 Å². The van der Waals surface area contributed by atoms with Crippen molar-refractivity contribution in [2.24, 2.45) is 11.7 Å². The fraction of sp³-hybridized carbons (Fsp3) is 0.538. The number of rotatable bonds is 2. The van der Waals surface area contributed by atoms with Crippen molar-refractivity contribution in [2.45, 2.75) is 38.1 Å². The van der Waals surface area contributed by atoms with Gasteiger partial charge in [0.15, 0.2) is 0 Å². The molecule has 1 aliphatic carbocycles. The van der Waals surface area contributed by atoms with Crippen LogP contribution in [0.3, 0.4) is 0 Å². The molecule has 1 saturated carbocycles. The highest BCUT2D eigenvalue weighted by atomic mass is 16.6. The lowest BCUT2D eigenvalue weighted by Gasteiger charge is -2.36. The second-order valence-corrected chi connectivity index (χ2v) is 5.15. The summed E-state index contributed by atoms with van der Waals surface area (Å²) in [4.78, 5) is 10.4. The summed E-state index contributed by atoms with van der Waals surface area (Å²) in [5.74, 6) is 0.713. The second kappa shape index (κ2) is 4.45. The molecule has 0 amide bonds. The third-order valence-corrected chi connectivity index (χ3v) is 3.80. The minimum Gasteiger partial charge on any atom is -0.321 e. The summed E-state index contributed by atoms with van der Waals surface area (Å²) in [6.07, 6.45) is 4.02. The van der Waals surface area contributed by atoms with Crippen molar-refractivity contribution < 1.29 is 4.92 Å². The van der Waals surface area contributed by atoms with Crippen molar-refractivity contribution in [2.75, 3.05) is 0 Å². The predicted molar refractivity (Wildman–Crippen MR) is 66.6 cm³/mol. The first-order chi connectivity index (χ1) is 8.01. The predicted octanol–water partition coefficient (Wildman–Crippen LogP) is 2.96. The van der Waals surface area contributed by atoms with Crippen LogP contribution in [0.2, 0.25) is 0 Å². The molecule has 0 heterocycles. The SMILES string of the molecule is CC1CCC(N)(c2cccc([N+](=O)[O-])c2)CC1. The quantitative estimate of drug-likeness (QED) is 0.631. The van der Waals surface area contributed by atoms with Gasteiger partial charge in [0.05, 0.1) is 4.92 Å². The van der Waals surface area contributed by atoms with Gasteiger partial charge in [-0.25, -0.2) is 0 Å². The summed E-state index contributed by atoms with van der Waals surface area (Å²) in [5.41, 5.74) is 7.04. The van der Waals surface area contributed by atoms with E-state index in [-0.39, 0.29) is 16.1 Å². The van der Waals surface area contributed by atoms with Gasteiger partial charge in [-0.05, 0) is 37.2 Å². The maximum absolute atomic E-state index is 10.8. The van der Waals surface area contributed by atoms with Crippen LogP contribution in [0.5, 0.6) is 0 Å². The molecule has 0 unspecified atom stereocenters. The molecule has 2 rings (SSSR count). The Morgan fingerprint density at radius 2 is 2.06 bits per heavy atom. The zero-order valence-electron chi connectivity index (χ0n) is 10.1. The monoisotopic (exact) mass is 234 g/mol. The standard InChI is InChI=1S/C13H18N2O2/c1-10-5-7-13(14,8-6-10)11-3-2-4-12(9-11)15(16)17/h2-4,9-10H,5-8,14H2,1H3. The summed E-state index contributed by atoms with van der Waals surface area (Å²) < 4.78 is 0. The van der Waals surface area contributed by atoms with Crippen LogP contribution in [0.4, 0.5) is 5.69 Å². The average molecular weight is 234 g/mol. The molecule has 0 radical (unpaired) electrons. The van der Waals surface area contributed by atoms with Gasteiger partial charge in [0.2, 0.25) is 0 Å². The molecule has 4 nitrogen and oxygen atoms in total. The minimum atomic E-state index is -0.376. The van der Waals surface area contributed by atoms with E-state index in [1.807, 2.05) is 6.07 Å². The highest BCUT2D eigenvalue weighted by Gasteiger charge is 2.32. The smallest absolute Gasteiger partial charge is 0.269 e. The van der Waals surface area contributed by atoms with Crippen molar-refractivity contribution in [3.05, 3.63) is 39.9 Å². The number of non-ortho nitro benzene ring substituents is 1. The Hall–Kier alpha value is -1.42. The lowest BCUT2D eigenvalue weighted by molar-refractivity contribution is -0.385. The molecule has 0 aliphatic heterocycles. The largest absolute Gasteiger partial charge is 0.321 e. The zero-order valence-corrected chi connectivity index (χ0v) is 10.1. The van der Waals surface area contributed by atoms with Crippen molar-refractivity contribution >= 4 is 5.69 Å². The van der Waals surface area contributed by atoms with E-state index in [9.17, 15) is 10.1 Å². The Balaban J connectivity index is 2.27. The summed E-state index contributed by atoms with van der Waals surface area (Å²) in [7, 11) is 0. The maximum Gasteiger partial charge on any atom is 0.269 e. The van der Waals surface area contributed by atoms with Crippen LogP contribution in [-0.2, 0) is 5.54 Å². The van der Waals surface area contributed by atoms with Crippen LogP contribution < -0.4 is 5.73 Å². The van der Waals surface area contributed by atoms with Gasteiger partial charge in [-0.15, -0.1) is 0 Å². The molecule has 0 bridgehead atoms. The van der Waals surface area contributed by atoms with Gasteiger partial charge in [0.1, 0.15) is 0 Å². The summed E-state index contributed by atoms with van der Waals surface area (Å²) in [6.45, 7) is 2.23. The van der Waals surface area contributed by atoms with Gasteiger partial charge < -0.3 is 5.73 Å². The molecule has 4 heteroatoms. The molecule has 0 aromatic heterocycles. The zero-order chi connectivity index (χ0) is 12.5. The normalized spacial score (nSPS) is 28.9. The molecular formula is C13H18N2O2. The van der Waals surface area contributed by atoms with E-state index in [1.54, 1.807) is 12.1 Å². The molecule has 1 fully saturated rings. The van der Waals surface area contributed by atoms with E-state index in [2.05, 4.69) is 6.92 Å². The van der Waals surface area contributed by atoms with Crippen LogP contribution in [0.25, 0.3) is 0 Å². The maximum atomic E-state index is 10.8. The molecule has 1 aromatic carbocycles. The van der Waals surface area contributed by atoms with E-state index in [4.69, 9.17) is 5.73 Å². The molecule has 0 spiro atoms. The average Bonchev–Trinajstić information content (AvgIpc) is 2.33. The number of nitrogens with zero attached hydrogens (tertiary/aromatic N) is 1. The van der Waals surface area contributed by atoms with Crippen LogP contribution in [-0.4, -0.2) is 4.92 Å². The first kappa shape index (κ1) is 12.0. The lowest BCUT2D eigenvalue weighted by Crippen LogP contribution is -2.40. The van der Waals surface area contributed by atoms with Crippen LogP contribution in [0, 0.1) is 16.0 Å². The summed E-state index contributed by atoms with van der Waals surface area (Å²) in [6, 6.07) is 6.76. The molecule has 2 N–H and O–H groups in total. The van der Waals surface area contributed by atoms with E-state index in [0.717, 1.165) is 31.2 Å². The van der Waals surface area contributed by atoms with Gasteiger partial charge in [-0.2, -0.15) is 0 Å². The molecule has 17 heavy (non-hydrogen) atoms. The third kappa shape index (κ3) is 2.47. The van der Waals surface area contributed by atoms with Crippen LogP contribution >= 0.6 is 0 Å². The Kier molecular flexibility index (Phi) is 3.15. The Morgan fingerprint density at radius 3 is 2.65 bits per heavy atom. The lowest BCUT2D eigenvalue weighted by atomic mass is 9.74. The van der Waals surface area contributed by atoms with Gasteiger partial charge in [0, 0.05) is 17.7 Å². The molecule has 0 saturated heterocycles. The fourth-order valence-corrected chi connectivity index (χ4v) is 2.50. The van der Waals surface area contributed by atoms with Crippen molar-refractivity contribution in [1.29, 1.82) is 0 Å². The van der Waals surface area contributed by atoms with Crippen LogP contribution in [0.1, 0.15) is 38.2 Å². The van der Waals surface area contributed by atoms with Gasteiger partial charge in [0.25, 0.3) is 5.69 Å². The minimum absolute atomic E-state index is 0.131. The molecule has 1 aliphatic rings. The highest BCUT2D eigenvalue weighted by Crippen LogP contribution is 2.38. The fourth-order valence-electron chi connectivity index (χ4n) is 2.50. The Bertz CT molecular complexity index is 423. The first-order valence-corrected chi connectivity index (χ1v) is 6.05. The highest BCUT2D eigenvalue weighted by molar-refractivity contribution is 5.38.